The molecule has 0 aliphatic carbocycles. The molecule has 0 fully saturated rings. The summed E-state index contributed by atoms with van der Waals surface area (Å²) in [5.74, 6) is 1.66. The molecule has 26 heavy (non-hydrogen) atoms. The van der Waals surface area contributed by atoms with E-state index in [9.17, 15) is 0 Å². The van der Waals surface area contributed by atoms with Crippen LogP contribution >= 0.6 is 27.3 Å². The van der Waals surface area contributed by atoms with Gasteiger partial charge >= 0.3 is 0 Å². The van der Waals surface area contributed by atoms with E-state index in [0.717, 1.165) is 42.4 Å². The second kappa shape index (κ2) is 6.00. The van der Waals surface area contributed by atoms with E-state index < -0.39 is 0 Å². The average Bonchev–Trinajstić information content (AvgIpc) is 3.29. The molecule has 0 unspecified atom stereocenters. The van der Waals surface area contributed by atoms with Gasteiger partial charge in [-0.15, -0.1) is 21.5 Å². The van der Waals surface area contributed by atoms with E-state index in [0.29, 0.717) is 0 Å². The van der Waals surface area contributed by atoms with Gasteiger partial charge < -0.3 is 0 Å². The smallest absolute Gasteiger partial charge is 0.172 e. The Balaban J connectivity index is 1.90. The Bertz CT molecular complexity index is 1250. The molecule has 0 radical (unpaired) electrons. The zero-order valence-corrected chi connectivity index (χ0v) is 16.3. The van der Waals surface area contributed by atoms with Gasteiger partial charge in [0.25, 0.3) is 0 Å². The molecule has 0 bridgehead atoms. The lowest BCUT2D eigenvalue weighted by atomic mass is 10.1. The first-order valence-corrected chi connectivity index (χ1v) is 9.78. The number of fused-ring (bicyclic) bond motifs is 3. The fourth-order valence-electron chi connectivity index (χ4n) is 3.07. The number of benzene rings is 2. The van der Waals surface area contributed by atoms with Gasteiger partial charge in [-0.1, -0.05) is 42.0 Å². The van der Waals surface area contributed by atoms with Crippen molar-refractivity contribution in [2.45, 2.75) is 6.92 Å². The molecule has 0 saturated heterocycles. The van der Waals surface area contributed by atoms with E-state index in [1.807, 2.05) is 30.3 Å². The molecule has 0 spiro atoms. The van der Waals surface area contributed by atoms with Crippen molar-refractivity contribution in [1.29, 1.82) is 0 Å². The Morgan fingerprint density at radius 3 is 2.46 bits per heavy atom. The van der Waals surface area contributed by atoms with Crippen LogP contribution in [0.3, 0.4) is 0 Å². The first kappa shape index (κ1) is 15.7. The number of para-hydroxylation sites is 1. The quantitative estimate of drug-likeness (QED) is 0.365. The topological polar surface area (TPSA) is 43.1 Å². The number of nitrogens with zero attached hydrogens (tertiary/aromatic N) is 4. The first-order valence-electron chi connectivity index (χ1n) is 8.17. The van der Waals surface area contributed by atoms with Gasteiger partial charge in [-0.2, -0.15) is 0 Å². The molecule has 2 aromatic carbocycles. The van der Waals surface area contributed by atoms with Crippen LogP contribution in [0.5, 0.6) is 0 Å². The van der Waals surface area contributed by atoms with E-state index in [4.69, 9.17) is 4.98 Å². The molecule has 3 heterocycles. The van der Waals surface area contributed by atoms with Crippen LogP contribution in [-0.2, 0) is 0 Å². The molecule has 0 aliphatic rings. The fraction of sp³-hybridized carbons (Fsp3) is 0.0500. The van der Waals surface area contributed by atoms with Crippen molar-refractivity contribution in [2.75, 3.05) is 0 Å². The predicted molar refractivity (Wildman–Crippen MR) is 109 cm³/mol. The fourth-order valence-corrected chi connectivity index (χ4v) is 4.44. The van der Waals surface area contributed by atoms with Gasteiger partial charge in [-0.05, 0) is 47.1 Å². The third-order valence-electron chi connectivity index (χ3n) is 4.35. The van der Waals surface area contributed by atoms with Crippen molar-refractivity contribution in [3.8, 4) is 22.1 Å². The number of aryl methyl sites for hydroxylation is 1. The van der Waals surface area contributed by atoms with Gasteiger partial charge in [0.2, 0.25) is 0 Å². The number of hydrogen-bond donors (Lipinski definition) is 0. The van der Waals surface area contributed by atoms with E-state index in [-0.39, 0.29) is 0 Å². The summed E-state index contributed by atoms with van der Waals surface area (Å²) in [4.78, 5) is 6.01. The second-order valence-electron chi connectivity index (χ2n) is 6.10. The molecule has 6 heteroatoms. The van der Waals surface area contributed by atoms with E-state index in [1.165, 1.54) is 5.56 Å². The molecule has 3 aromatic heterocycles. The molecule has 5 rings (SSSR count). The van der Waals surface area contributed by atoms with E-state index >= 15 is 0 Å². The maximum Gasteiger partial charge on any atom is 0.172 e. The molecule has 126 valence electrons. The summed E-state index contributed by atoms with van der Waals surface area (Å²) in [5, 5.41) is 10.0. The Morgan fingerprint density at radius 1 is 0.885 bits per heavy atom. The lowest BCUT2D eigenvalue weighted by molar-refractivity contribution is 1.10. The van der Waals surface area contributed by atoms with Crippen molar-refractivity contribution < 1.29 is 0 Å². The van der Waals surface area contributed by atoms with Crippen LogP contribution < -0.4 is 0 Å². The molecule has 0 atom stereocenters. The third-order valence-corrected chi connectivity index (χ3v) is 5.97. The summed E-state index contributed by atoms with van der Waals surface area (Å²) in [6, 6.07) is 20.5. The predicted octanol–water partition coefficient (Wildman–Crippen LogP) is 5.74. The number of rotatable bonds is 2. The molecule has 0 N–H and O–H groups in total. The van der Waals surface area contributed by atoms with Crippen molar-refractivity contribution >= 4 is 43.8 Å². The summed E-state index contributed by atoms with van der Waals surface area (Å²) in [7, 11) is 0. The minimum absolute atomic E-state index is 0.803. The van der Waals surface area contributed by atoms with Crippen molar-refractivity contribution in [1.82, 2.24) is 19.6 Å². The normalized spacial score (nSPS) is 11.5. The zero-order valence-electron chi connectivity index (χ0n) is 13.8. The maximum atomic E-state index is 4.94. The number of halogens is 1. The summed E-state index contributed by atoms with van der Waals surface area (Å²) in [5.41, 5.74) is 3.98. The SMILES string of the molecule is Cc1ccc(-c2nnc3c4ccccc4nc(-c4ccc(Br)s4)n23)cc1. The number of hydrogen-bond acceptors (Lipinski definition) is 4. The summed E-state index contributed by atoms with van der Waals surface area (Å²) in [6.07, 6.45) is 0. The lowest BCUT2D eigenvalue weighted by Gasteiger charge is -2.08. The number of aromatic nitrogens is 4. The molecule has 5 aromatic rings. The molecule has 0 aliphatic heterocycles. The van der Waals surface area contributed by atoms with Gasteiger partial charge in [0.15, 0.2) is 17.3 Å². The molecule has 0 saturated carbocycles. The highest BCUT2D eigenvalue weighted by Crippen LogP contribution is 2.34. The van der Waals surface area contributed by atoms with Crippen LogP contribution in [0.1, 0.15) is 5.56 Å². The Labute approximate surface area is 162 Å². The van der Waals surface area contributed by atoms with Crippen molar-refractivity contribution in [3.05, 3.63) is 70.0 Å². The zero-order chi connectivity index (χ0) is 17.7. The van der Waals surface area contributed by atoms with Crippen LogP contribution in [0.15, 0.2) is 64.5 Å². The van der Waals surface area contributed by atoms with Gasteiger partial charge in [-0.25, -0.2) is 4.98 Å². The molecule has 0 amide bonds. The molecular weight excluding hydrogens is 408 g/mol. The summed E-state index contributed by atoms with van der Waals surface area (Å²) < 4.78 is 3.13. The van der Waals surface area contributed by atoms with Crippen LogP contribution in [-0.4, -0.2) is 19.6 Å². The van der Waals surface area contributed by atoms with Crippen LogP contribution in [0.2, 0.25) is 0 Å². The summed E-state index contributed by atoms with van der Waals surface area (Å²) in [6.45, 7) is 2.08. The Kier molecular flexibility index (Phi) is 3.62. The second-order valence-corrected chi connectivity index (χ2v) is 8.57. The Hall–Kier alpha value is -2.57. The van der Waals surface area contributed by atoms with E-state index in [2.05, 4.69) is 67.8 Å². The summed E-state index contributed by atoms with van der Waals surface area (Å²) >= 11 is 5.21. The average molecular weight is 421 g/mol. The van der Waals surface area contributed by atoms with Gasteiger partial charge in [-0.3, -0.25) is 4.40 Å². The first-order chi connectivity index (χ1) is 12.7. The van der Waals surface area contributed by atoms with Crippen molar-refractivity contribution in [2.24, 2.45) is 0 Å². The van der Waals surface area contributed by atoms with Gasteiger partial charge in [0.1, 0.15) is 0 Å². The van der Waals surface area contributed by atoms with Crippen LogP contribution in [0, 0.1) is 6.92 Å². The monoisotopic (exact) mass is 420 g/mol. The van der Waals surface area contributed by atoms with Gasteiger partial charge in [0.05, 0.1) is 14.2 Å². The van der Waals surface area contributed by atoms with Crippen molar-refractivity contribution in [3.63, 3.8) is 0 Å². The minimum atomic E-state index is 0.803. The van der Waals surface area contributed by atoms with Gasteiger partial charge in [0, 0.05) is 10.9 Å². The van der Waals surface area contributed by atoms with Crippen LogP contribution in [0.25, 0.3) is 38.6 Å². The molecular formula is C20H13BrN4S. The van der Waals surface area contributed by atoms with Crippen LogP contribution in [0.4, 0.5) is 0 Å². The lowest BCUT2D eigenvalue weighted by Crippen LogP contribution is -1.99. The largest absolute Gasteiger partial charge is 0.257 e. The standard InChI is InChI=1S/C20H13BrN4S/c1-12-6-8-13(9-7-12)18-23-24-19-14-4-2-3-5-15(14)22-20(25(18)19)16-10-11-17(21)26-16/h2-11H,1H3. The maximum absolute atomic E-state index is 4.94. The number of thiophene rings is 1. The van der Waals surface area contributed by atoms with E-state index in [1.54, 1.807) is 11.3 Å². The highest BCUT2D eigenvalue weighted by atomic mass is 79.9. The highest BCUT2D eigenvalue weighted by molar-refractivity contribution is 9.11. The Morgan fingerprint density at radius 2 is 1.69 bits per heavy atom. The minimum Gasteiger partial charge on any atom is -0.257 e. The third kappa shape index (κ3) is 2.45. The molecule has 4 nitrogen and oxygen atoms in total. The highest BCUT2D eigenvalue weighted by Gasteiger charge is 2.18.